The predicted octanol–water partition coefficient (Wildman–Crippen LogP) is 3.50. The topological polar surface area (TPSA) is 21.6 Å². The van der Waals surface area contributed by atoms with Crippen LogP contribution in [0.2, 0.25) is 0 Å². The first kappa shape index (κ1) is 14.9. The molecular weight excluding hydrogens is 219 g/mol. The van der Waals surface area contributed by atoms with Gasteiger partial charge in [-0.15, -0.1) is 0 Å². The molecule has 0 radical (unpaired) electrons. The Morgan fingerprint density at radius 2 is 2.12 bits per heavy atom. The minimum absolute atomic E-state index is 0.119. The van der Waals surface area contributed by atoms with Gasteiger partial charge in [0, 0.05) is 13.3 Å². The molecule has 1 atom stereocenters. The van der Waals surface area contributed by atoms with Crippen LogP contribution >= 0.6 is 0 Å². The minimum Gasteiger partial charge on any atom is -0.372 e. The van der Waals surface area contributed by atoms with E-state index in [2.05, 4.69) is 16.4 Å². The largest absolute Gasteiger partial charge is 0.414 e. The van der Waals surface area contributed by atoms with Crippen LogP contribution in [0.15, 0.2) is 28.9 Å². The zero-order valence-corrected chi connectivity index (χ0v) is 9.42. The van der Waals surface area contributed by atoms with E-state index in [1.807, 2.05) is 0 Å². The second-order valence-corrected chi connectivity index (χ2v) is 3.19. The molecule has 0 spiro atoms. The molecule has 0 rings (SSSR count). The van der Waals surface area contributed by atoms with Crippen LogP contribution in [-0.2, 0) is 4.74 Å². The zero-order valence-electron chi connectivity index (χ0n) is 9.42. The van der Waals surface area contributed by atoms with E-state index in [1.54, 1.807) is 19.1 Å². The van der Waals surface area contributed by atoms with Gasteiger partial charge in [-0.2, -0.15) is 13.2 Å². The van der Waals surface area contributed by atoms with Crippen molar-refractivity contribution in [1.82, 2.24) is 0 Å². The Kier molecular flexibility index (Phi) is 6.72. The van der Waals surface area contributed by atoms with E-state index in [4.69, 9.17) is 0 Å². The minimum atomic E-state index is -4.32. The molecule has 0 aliphatic rings. The van der Waals surface area contributed by atoms with Crippen LogP contribution in [-0.4, -0.2) is 26.1 Å². The summed E-state index contributed by atoms with van der Waals surface area (Å²) < 4.78 is 41.4. The molecule has 0 aromatic rings. The molecule has 0 amide bonds. The molecule has 0 heterocycles. The molecule has 5 heteroatoms. The molecule has 0 bridgehead atoms. The van der Waals surface area contributed by atoms with Gasteiger partial charge in [-0.3, -0.25) is 4.99 Å². The molecule has 0 saturated carbocycles. The van der Waals surface area contributed by atoms with Crippen molar-refractivity contribution in [3.05, 3.63) is 23.9 Å². The molecule has 0 aliphatic carbocycles. The molecule has 0 aliphatic heterocycles. The van der Waals surface area contributed by atoms with Gasteiger partial charge < -0.3 is 4.74 Å². The normalized spacial score (nSPS) is 15.4. The van der Waals surface area contributed by atoms with Gasteiger partial charge in [0.25, 0.3) is 0 Å². The van der Waals surface area contributed by atoms with E-state index in [9.17, 15) is 13.2 Å². The summed E-state index contributed by atoms with van der Waals surface area (Å²) in [7, 11) is 1.06. The van der Waals surface area contributed by atoms with Crippen molar-refractivity contribution in [2.24, 2.45) is 4.99 Å². The summed E-state index contributed by atoms with van der Waals surface area (Å²) in [4.78, 5) is 3.54. The van der Waals surface area contributed by atoms with Crippen molar-refractivity contribution in [3.63, 3.8) is 0 Å². The molecule has 1 unspecified atom stereocenters. The second-order valence-electron chi connectivity index (χ2n) is 3.19. The standard InChI is InChI=1S/C11H16F3NO/c1-4-5-9(8-15-2)6-7-10(16-3)11(12,13)14/h4-5,8,10H,2,6-7H2,1,3H3/b5-4-,9-8+. The van der Waals surface area contributed by atoms with E-state index in [0.717, 1.165) is 7.11 Å². The van der Waals surface area contributed by atoms with Gasteiger partial charge in [0.2, 0.25) is 0 Å². The maximum Gasteiger partial charge on any atom is 0.414 e. The highest BCUT2D eigenvalue weighted by atomic mass is 19.4. The third kappa shape index (κ3) is 5.70. The summed E-state index contributed by atoms with van der Waals surface area (Å²) >= 11 is 0. The fraction of sp³-hybridized carbons (Fsp3) is 0.545. The lowest BCUT2D eigenvalue weighted by Crippen LogP contribution is -2.30. The first-order valence-corrected chi connectivity index (χ1v) is 4.82. The van der Waals surface area contributed by atoms with Crippen molar-refractivity contribution >= 4 is 6.72 Å². The van der Waals surface area contributed by atoms with Crippen molar-refractivity contribution in [2.75, 3.05) is 7.11 Å². The fourth-order valence-corrected chi connectivity index (χ4v) is 1.24. The highest BCUT2D eigenvalue weighted by Gasteiger charge is 2.39. The monoisotopic (exact) mass is 235 g/mol. The Morgan fingerprint density at radius 1 is 1.50 bits per heavy atom. The Bertz CT molecular complexity index is 269. The van der Waals surface area contributed by atoms with Gasteiger partial charge in [0.15, 0.2) is 6.10 Å². The summed E-state index contributed by atoms with van der Waals surface area (Å²) in [5.74, 6) is 0. The fourth-order valence-electron chi connectivity index (χ4n) is 1.24. The average molecular weight is 235 g/mol. The number of alkyl halides is 3. The molecule has 0 N–H and O–H groups in total. The number of allylic oxidation sites excluding steroid dienone is 3. The Balaban J connectivity index is 4.39. The molecule has 0 aromatic carbocycles. The molecule has 0 saturated heterocycles. The van der Waals surface area contributed by atoms with Crippen LogP contribution in [0.4, 0.5) is 13.2 Å². The van der Waals surface area contributed by atoms with Crippen molar-refractivity contribution < 1.29 is 17.9 Å². The highest BCUT2D eigenvalue weighted by molar-refractivity contribution is 5.28. The van der Waals surface area contributed by atoms with E-state index in [-0.39, 0.29) is 12.8 Å². The number of halogens is 3. The van der Waals surface area contributed by atoms with E-state index in [0.29, 0.717) is 5.57 Å². The molecule has 92 valence electrons. The van der Waals surface area contributed by atoms with Crippen LogP contribution in [0.1, 0.15) is 19.8 Å². The summed E-state index contributed by atoms with van der Waals surface area (Å²) in [6.45, 7) is 5.05. The van der Waals surface area contributed by atoms with Gasteiger partial charge in [0.05, 0.1) is 0 Å². The Labute approximate surface area is 93.5 Å². The van der Waals surface area contributed by atoms with Crippen molar-refractivity contribution in [3.8, 4) is 0 Å². The lowest BCUT2D eigenvalue weighted by molar-refractivity contribution is -0.214. The van der Waals surface area contributed by atoms with Crippen molar-refractivity contribution in [2.45, 2.75) is 32.0 Å². The summed E-state index contributed by atoms with van der Waals surface area (Å²) in [5, 5.41) is 0. The van der Waals surface area contributed by atoms with Crippen LogP contribution in [0, 0.1) is 0 Å². The van der Waals surface area contributed by atoms with Gasteiger partial charge in [-0.05, 0) is 32.1 Å². The van der Waals surface area contributed by atoms with Crippen LogP contribution in [0.25, 0.3) is 0 Å². The SMILES string of the molecule is C=N/C=C(\C=C/C)CCC(OC)C(F)(F)F. The molecule has 16 heavy (non-hydrogen) atoms. The highest BCUT2D eigenvalue weighted by Crippen LogP contribution is 2.27. The lowest BCUT2D eigenvalue weighted by Gasteiger charge is -2.18. The number of rotatable bonds is 6. The number of aliphatic imine (C=N–C) groups is 1. The zero-order chi connectivity index (χ0) is 12.6. The van der Waals surface area contributed by atoms with Crippen LogP contribution in [0.3, 0.4) is 0 Å². The third-order valence-corrected chi connectivity index (χ3v) is 1.98. The number of hydrogen-bond acceptors (Lipinski definition) is 2. The number of methoxy groups -OCH3 is 1. The summed E-state index contributed by atoms with van der Waals surface area (Å²) in [6.07, 6.45) is -1.02. The molecule has 0 fully saturated rings. The summed E-state index contributed by atoms with van der Waals surface area (Å²) in [5.41, 5.74) is 0.698. The maximum atomic E-state index is 12.3. The Morgan fingerprint density at radius 3 is 2.50 bits per heavy atom. The number of nitrogens with zero attached hydrogens (tertiary/aromatic N) is 1. The van der Waals surface area contributed by atoms with Gasteiger partial charge in [0.1, 0.15) is 0 Å². The first-order chi connectivity index (χ1) is 7.45. The predicted molar refractivity (Wildman–Crippen MR) is 58.5 cm³/mol. The molecule has 2 nitrogen and oxygen atoms in total. The molecule has 0 aromatic heterocycles. The van der Waals surface area contributed by atoms with E-state index >= 15 is 0 Å². The van der Waals surface area contributed by atoms with Crippen LogP contribution in [0.5, 0.6) is 0 Å². The van der Waals surface area contributed by atoms with Gasteiger partial charge >= 0.3 is 6.18 Å². The summed E-state index contributed by atoms with van der Waals surface area (Å²) in [6, 6.07) is 0. The average Bonchev–Trinajstić information content (AvgIpc) is 2.17. The second kappa shape index (κ2) is 7.22. The van der Waals surface area contributed by atoms with Gasteiger partial charge in [-0.25, -0.2) is 0 Å². The van der Waals surface area contributed by atoms with Crippen molar-refractivity contribution in [1.29, 1.82) is 0 Å². The number of hydrogen-bond donors (Lipinski definition) is 0. The van der Waals surface area contributed by atoms with Crippen LogP contribution < -0.4 is 0 Å². The number of ether oxygens (including phenoxy) is 1. The first-order valence-electron chi connectivity index (χ1n) is 4.82. The maximum absolute atomic E-state index is 12.3. The van der Waals surface area contributed by atoms with E-state index in [1.165, 1.54) is 6.20 Å². The molecular formula is C11H16F3NO. The Hall–Kier alpha value is -1.10. The lowest BCUT2D eigenvalue weighted by atomic mass is 10.1. The third-order valence-electron chi connectivity index (χ3n) is 1.98. The van der Waals surface area contributed by atoms with E-state index < -0.39 is 12.3 Å². The smallest absolute Gasteiger partial charge is 0.372 e. The quantitative estimate of drug-likeness (QED) is 0.510. The van der Waals surface area contributed by atoms with Gasteiger partial charge in [-0.1, -0.05) is 12.2 Å².